The van der Waals surface area contributed by atoms with Crippen LogP contribution in [0.15, 0.2) is 6.33 Å². The molecule has 2 unspecified atom stereocenters. The molecule has 1 aliphatic heterocycles. The minimum absolute atomic E-state index is 0.00374. The standard InChI is InChI=1S/C24H33ClN6O7S/c1-22-3-12-4-23(2,8-22)10-24(5-12,9-22)30-18-15-19(29-21(25)28-18)31(11-27-15)20-17(34)16(33)13(38-20)6-26-14(32)7-39(35,36)37/h11-13,16-17,20,33-34H,3-10H2,1-2H3,(H,26,32)(H,28,29,30)(H,35,36,37)/t12-,13-,16?,17?,20-,22+,23-,24-/m1/s1. The van der Waals surface area contributed by atoms with Crippen LogP contribution in [0.4, 0.5) is 5.82 Å². The first-order chi connectivity index (χ1) is 18.2. The lowest BCUT2D eigenvalue weighted by Gasteiger charge is -2.65. The van der Waals surface area contributed by atoms with Gasteiger partial charge >= 0.3 is 0 Å². The van der Waals surface area contributed by atoms with Crippen molar-refractivity contribution < 1.29 is 32.7 Å². The van der Waals surface area contributed by atoms with Crippen LogP contribution < -0.4 is 10.6 Å². The lowest BCUT2D eigenvalue weighted by Crippen LogP contribution is -2.61. The fourth-order valence-electron chi connectivity index (χ4n) is 8.56. The number of aromatic nitrogens is 4. The van der Waals surface area contributed by atoms with E-state index >= 15 is 0 Å². The van der Waals surface area contributed by atoms with Gasteiger partial charge in [-0.1, -0.05) is 13.8 Å². The Bertz CT molecular complexity index is 1420. The van der Waals surface area contributed by atoms with Crippen molar-refractivity contribution >= 4 is 44.6 Å². The molecule has 0 spiro atoms. The second-order valence-electron chi connectivity index (χ2n) is 12.8. The van der Waals surface area contributed by atoms with E-state index < -0.39 is 46.3 Å². The minimum Gasteiger partial charge on any atom is -0.387 e. The molecule has 4 aliphatic carbocycles. The quantitative estimate of drug-likeness (QED) is 0.233. The van der Waals surface area contributed by atoms with E-state index in [1.807, 2.05) is 0 Å². The number of halogens is 1. The van der Waals surface area contributed by atoms with Gasteiger partial charge in [-0.25, -0.2) is 4.98 Å². The molecule has 39 heavy (non-hydrogen) atoms. The van der Waals surface area contributed by atoms with Gasteiger partial charge in [-0.2, -0.15) is 18.4 Å². The summed E-state index contributed by atoms with van der Waals surface area (Å²) in [5.74, 6) is -0.922. The van der Waals surface area contributed by atoms with Crippen LogP contribution >= 0.6 is 11.6 Å². The maximum Gasteiger partial charge on any atom is 0.274 e. The average molecular weight is 585 g/mol. The summed E-state index contributed by atoms with van der Waals surface area (Å²) in [7, 11) is -4.51. The molecule has 4 bridgehead atoms. The summed E-state index contributed by atoms with van der Waals surface area (Å²) in [6.45, 7) is 4.48. The molecule has 0 radical (unpaired) electrons. The van der Waals surface area contributed by atoms with Gasteiger partial charge in [0, 0.05) is 12.1 Å². The number of carbonyl (C=O) groups is 1. The Kier molecular flexibility index (Phi) is 6.22. The third-order valence-electron chi connectivity index (χ3n) is 8.83. The molecule has 7 rings (SSSR count). The molecular formula is C24H33ClN6O7S. The number of hydrogen-bond acceptors (Lipinski definition) is 10. The molecule has 1 saturated heterocycles. The number of ether oxygens (including phenoxy) is 1. The Hall–Kier alpha value is -2.10. The van der Waals surface area contributed by atoms with Crippen LogP contribution in [0.2, 0.25) is 5.28 Å². The zero-order valence-corrected chi connectivity index (χ0v) is 23.2. The lowest BCUT2D eigenvalue weighted by atomic mass is 9.43. The summed E-state index contributed by atoms with van der Waals surface area (Å²) >= 11 is 6.36. The van der Waals surface area contributed by atoms with Crippen LogP contribution in [-0.4, -0.2) is 84.8 Å². The maximum absolute atomic E-state index is 11.8. The Morgan fingerprint density at radius 3 is 2.49 bits per heavy atom. The second-order valence-corrected chi connectivity index (χ2v) is 14.6. The van der Waals surface area contributed by atoms with Crippen molar-refractivity contribution in [3.63, 3.8) is 0 Å². The van der Waals surface area contributed by atoms with E-state index in [2.05, 4.69) is 39.4 Å². The third-order valence-corrected chi connectivity index (χ3v) is 9.63. The molecule has 2 aromatic heterocycles. The van der Waals surface area contributed by atoms with Gasteiger partial charge in [-0.3, -0.25) is 13.9 Å². The van der Waals surface area contributed by atoms with E-state index in [1.165, 1.54) is 30.2 Å². The summed E-state index contributed by atoms with van der Waals surface area (Å²) in [4.78, 5) is 25.1. The summed E-state index contributed by atoms with van der Waals surface area (Å²) < 4.78 is 37.9. The highest BCUT2D eigenvalue weighted by atomic mass is 35.5. The molecule has 3 heterocycles. The van der Waals surface area contributed by atoms with Crippen molar-refractivity contribution in [3.8, 4) is 0 Å². The zero-order chi connectivity index (χ0) is 28.0. The lowest BCUT2D eigenvalue weighted by molar-refractivity contribution is -0.119. The number of fused-ring (bicyclic) bond motifs is 1. The van der Waals surface area contributed by atoms with Crippen molar-refractivity contribution in [2.24, 2.45) is 16.7 Å². The molecule has 4 saturated carbocycles. The number of aliphatic hydroxyl groups is 2. The largest absolute Gasteiger partial charge is 0.387 e. The first-order valence-electron chi connectivity index (χ1n) is 13.1. The first-order valence-corrected chi connectivity index (χ1v) is 15.1. The van der Waals surface area contributed by atoms with Crippen molar-refractivity contribution in [1.29, 1.82) is 0 Å². The number of aliphatic hydroxyl groups excluding tert-OH is 2. The van der Waals surface area contributed by atoms with E-state index in [-0.39, 0.29) is 28.2 Å². The molecule has 0 aromatic carbocycles. The van der Waals surface area contributed by atoms with E-state index in [4.69, 9.17) is 20.9 Å². The summed E-state index contributed by atoms with van der Waals surface area (Å²) in [5.41, 5.74) is 1.20. The van der Waals surface area contributed by atoms with E-state index in [0.717, 1.165) is 19.3 Å². The fraction of sp³-hybridized carbons (Fsp3) is 0.750. The normalized spacial score (nSPS) is 39.4. The van der Waals surface area contributed by atoms with E-state index in [0.29, 0.717) is 22.9 Å². The number of anilines is 1. The number of nitrogens with zero attached hydrogens (tertiary/aromatic N) is 4. The highest BCUT2D eigenvalue weighted by molar-refractivity contribution is 7.86. The summed E-state index contributed by atoms with van der Waals surface area (Å²) in [6, 6.07) is 0. The van der Waals surface area contributed by atoms with Gasteiger partial charge in [0.15, 0.2) is 29.0 Å². The van der Waals surface area contributed by atoms with E-state index in [1.54, 1.807) is 0 Å². The fourth-order valence-corrected chi connectivity index (χ4v) is 9.16. The molecule has 5 aliphatic rings. The highest BCUT2D eigenvalue weighted by Crippen LogP contribution is 2.66. The van der Waals surface area contributed by atoms with Gasteiger partial charge in [0.25, 0.3) is 10.1 Å². The van der Waals surface area contributed by atoms with Crippen LogP contribution in [0.5, 0.6) is 0 Å². The molecular weight excluding hydrogens is 552 g/mol. The molecule has 214 valence electrons. The summed E-state index contributed by atoms with van der Waals surface area (Å²) in [6.07, 6.45) is 3.32. The molecule has 8 atom stereocenters. The predicted molar refractivity (Wildman–Crippen MR) is 139 cm³/mol. The van der Waals surface area contributed by atoms with Gasteiger partial charge in [-0.05, 0) is 66.9 Å². The third kappa shape index (κ3) is 4.99. The van der Waals surface area contributed by atoms with Gasteiger partial charge < -0.3 is 25.6 Å². The topological polar surface area (TPSA) is 189 Å². The van der Waals surface area contributed by atoms with E-state index in [9.17, 15) is 23.4 Å². The van der Waals surface area contributed by atoms with Crippen LogP contribution in [-0.2, 0) is 19.6 Å². The Morgan fingerprint density at radius 1 is 1.15 bits per heavy atom. The minimum atomic E-state index is -4.51. The predicted octanol–water partition coefficient (Wildman–Crippen LogP) is 1.26. The second kappa shape index (κ2) is 8.95. The number of amides is 1. The number of nitrogens with one attached hydrogen (secondary N) is 2. The van der Waals surface area contributed by atoms with Crippen LogP contribution in [0, 0.1) is 16.7 Å². The number of imidazole rings is 1. The monoisotopic (exact) mass is 584 g/mol. The molecule has 5 fully saturated rings. The van der Waals surface area contributed by atoms with Gasteiger partial charge in [0.2, 0.25) is 11.2 Å². The maximum atomic E-state index is 11.8. The molecule has 15 heteroatoms. The number of carbonyl (C=O) groups excluding carboxylic acids is 1. The Labute approximate surface area is 230 Å². The van der Waals surface area contributed by atoms with Gasteiger partial charge in [0.1, 0.15) is 18.3 Å². The van der Waals surface area contributed by atoms with Crippen molar-refractivity contribution in [1.82, 2.24) is 24.8 Å². The van der Waals surface area contributed by atoms with Crippen LogP contribution in [0.3, 0.4) is 0 Å². The van der Waals surface area contributed by atoms with Gasteiger partial charge in [-0.15, -0.1) is 0 Å². The SMILES string of the molecule is C[C@]12C[C@@H]3C[C@](C)(C1)C[C@@](Nc1nc(Cl)nc4c1ncn4[C@@H]1O[C@H](CNC(=O)CS(=O)(=O)O)C(O)C1O)(C3)C2. The highest BCUT2D eigenvalue weighted by Gasteiger charge is 2.60. The first kappa shape index (κ1) is 27.1. The number of rotatable bonds is 7. The zero-order valence-electron chi connectivity index (χ0n) is 21.7. The summed E-state index contributed by atoms with van der Waals surface area (Å²) in [5, 5.41) is 27.3. The van der Waals surface area contributed by atoms with Crippen LogP contribution in [0.1, 0.15) is 58.6 Å². The van der Waals surface area contributed by atoms with Crippen molar-refractivity contribution in [2.45, 2.75) is 82.5 Å². The van der Waals surface area contributed by atoms with Crippen molar-refractivity contribution in [2.75, 3.05) is 17.6 Å². The molecule has 2 aromatic rings. The molecule has 13 nitrogen and oxygen atoms in total. The molecule has 1 amide bonds. The molecule has 5 N–H and O–H groups in total. The van der Waals surface area contributed by atoms with Crippen molar-refractivity contribution in [3.05, 3.63) is 11.6 Å². The van der Waals surface area contributed by atoms with Gasteiger partial charge in [0.05, 0.1) is 6.33 Å². The van der Waals surface area contributed by atoms with Crippen LogP contribution in [0.25, 0.3) is 11.2 Å². The smallest absolute Gasteiger partial charge is 0.274 e. The average Bonchev–Trinajstić information content (AvgIpc) is 3.29. The Morgan fingerprint density at radius 2 is 1.85 bits per heavy atom. The Balaban J connectivity index is 1.25. The number of hydrogen-bond donors (Lipinski definition) is 5.